The number of carbonyl (C=O) groups excluding carboxylic acids is 1. The van der Waals surface area contributed by atoms with Crippen molar-refractivity contribution < 1.29 is 22.7 Å². The summed E-state index contributed by atoms with van der Waals surface area (Å²) in [5, 5.41) is 1.29. The largest absolute Gasteiger partial charge is 0.462 e. The average Bonchev–Trinajstić information content (AvgIpc) is 2.63. The summed E-state index contributed by atoms with van der Waals surface area (Å²) in [4.78, 5) is 16.8. The van der Waals surface area contributed by atoms with Crippen LogP contribution in [0.2, 0.25) is 10.0 Å². The third-order valence-electron chi connectivity index (χ3n) is 4.30. The second-order valence-electron chi connectivity index (χ2n) is 6.35. The Balaban J connectivity index is 2.33. The smallest absolute Gasteiger partial charge is 0.394 e. The van der Waals surface area contributed by atoms with Crippen molar-refractivity contribution in [3.8, 4) is 0 Å². The molecule has 0 bridgehead atoms. The Morgan fingerprint density at radius 3 is 2.52 bits per heavy atom. The molecule has 3 aromatic rings. The van der Waals surface area contributed by atoms with E-state index in [9.17, 15) is 18.0 Å². The molecule has 0 atom stereocenters. The number of alkyl halides is 3. The minimum atomic E-state index is -4.55. The van der Waals surface area contributed by atoms with Crippen molar-refractivity contribution in [2.24, 2.45) is 0 Å². The summed E-state index contributed by atoms with van der Waals surface area (Å²) in [5.41, 5.74) is 0.740. The maximum absolute atomic E-state index is 13.2. The first-order chi connectivity index (χ1) is 13.7. The van der Waals surface area contributed by atoms with E-state index in [1.807, 2.05) is 0 Å². The van der Waals surface area contributed by atoms with Gasteiger partial charge in [-0.25, -0.2) is 4.79 Å². The van der Waals surface area contributed by atoms with Crippen molar-refractivity contribution in [2.75, 3.05) is 6.61 Å². The number of benzene rings is 2. The van der Waals surface area contributed by atoms with Gasteiger partial charge < -0.3 is 4.74 Å². The van der Waals surface area contributed by atoms with Gasteiger partial charge in [0.1, 0.15) is 0 Å². The minimum Gasteiger partial charge on any atom is -0.462 e. The van der Waals surface area contributed by atoms with Crippen LogP contribution in [0.1, 0.15) is 34.1 Å². The molecule has 0 fully saturated rings. The molecule has 0 spiro atoms. The Bertz CT molecular complexity index is 1070. The molecule has 0 saturated heterocycles. The third kappa shape index (κ3) is 5.00. The fraction of sp³-hybridized carbons (Fsp3) is 0.238. The quantitative estimate of drug-likeness (QED) is 0.429. The molecule has 1 aromatic heterocycles. The van der Waals surface area contributed by atoms with Gasteiger partial charge in [-0.2, -0.15) is 13.2 Å². The SMILES string of the molecule is CCOC(=O)c1c(CC(F)(F)F)nc2ccc(Cl)cc2c1Cc1ccccc1Cl. The highest BCUT2D eigenvalue weighted by atomic mass is 35.5. The van der Waals surface area contributed by atoms with Gasteiger partial charge in [-0.3, -0.25) is 4.98 Å². The Morgan fingerprint density at radius 2 is 1.86 bits per heavy atom. The molecule has 0 aliphatic heterocycles. The molecule has 0 unspecified atom stereocenters. The maximum atomic E-state index is 13.2. The molecule has 0 saturated carbocycles. The highest BCUT2D eigenvalue weighted by Gasteiger charge is 2.33. The number of halogens is 5. The number of carbonyl (C=O) groups is 1. The van der Waals surface area contributed by atoms with E-state index in [-0.39, 0.29) is 24.3 Å². The van der Waals surface area contributed by atoms with Crippen molar-refractivity contribution in [3.63, 3.8) is 0 Å². The summed E-state index contributed by atoms with van der Waals surface area (Å²) in [6.45, 7) is 1.60. The van der Waals surface area contributed by atoms with Gasteiger partial charge >= 0.3 is 12.1 Å². The predicted molar refractivity (Wildman–Crippen MR) is 107 cm³/mol. The van der Waals surface area contributed by atoms with E-state index >= 15 is 0 Å². The maximum Gasteiger partial charge on any atom is 0.394 e. The van der Waals surface area contributed by atoms with Crippen LogP contribution >= 0.6 is 23.2 Å². The van der Waals surface area contributed by atoms with E-state index in [1.54, 1.807) is 37.3 Å². The van der Waals surface area contributed by atoms with Crippen LogP contribution < -0.4 is 0 Å². The van der Waals surface area contributed by atoms with E-state index in [2.05, 4.69) is 4.98 Å². The van der Waals surface area contributed by atoms with Gasteiger partial charge in [-0.05, 0) is 42.3 Å². The minimum absolute atomic E-state index is 0.0173. The summed E-state index contributed by atoms with van der Waals surface area (Å²) in [5.74, 6) is -0.858. The summed E-state index contributed by atoms with van der Waals surface area (Å²) in [6, 6.07) is 11.6. The number of fused-ring (bicyclic) bond motifs is 1. The number of rotatable bonds is 5. The predicted octanol–water partition coefficient (Wildman–Crippen LogP) is 6.41. The van der Waals surface area contributed by atoms with Gasteiger partial charge in [0.15, 0.2) is 0 Å². The fourth-order valence-corrected chi connectivity index (χ4v) is 3.51. The molecule has 3 rings (SSSR count). The van der Waals surface area contributed by atoms with Crippen molar-refractivity contribution >= 4 is 40.1 Å². The van der Waals surface area contributed by atoms with E-state index < -0.39 is 18.6 Å². The molecular weight excluding hydrogens is 426 g/mol. The Kier molecular flexibility index (Phi) is 6.34. The number of esters is 1. The van der Waals surface area contributed by atoms with Gasteiger partial charge in [0.05, 0.1) is 29.8 Å². The van der Waals surface area contributed by atoms with Crippen LogP contribution in [0.5, 0.6) is 0 Å². The molecule has 0 N–H and O–H groups in total. The monoisotopic (exact) mass is 441 g/mol. The van der Waals surface area contributed by atoms with E-state index in [1.165, 1.54) is 12.1 Å². The highest BCUT2D eigenvalue weighted by molar-refractivity contribution is 6.31. The van der Waals surface area contributed by atoms with Crippen molar-refractivity contribution in [2.45, 2.75) is 25.9 Å². The van der Waals surface area contributed by atoms with Crippen molar-refractivity contribution in [3.05, 3.63) is 74.9 Å². The molecule has 152 valence electrons. The lowest BCUT2D eigenvalue weighted by molar-refractivity contribution is -0.127. The van der Waals surface area contributed by atoms with Crippen LogP contribution in [0, 0.1) is 0 Å². The van der Waals surface area contributed by atoms with Gasteiger partial charge in [0.2, 0.25) is 0 Å². The lowest BCUT2D eigenvalue weighted by atomic mass is 9.93. The second-order valence-corrected chi connectivity index (χ2v) is 7.20. The first kappa shape index (κ1) is 21.4. The van der Waals surface area contributed by atoms with E-state index in [0.717, 1.165) is 0 Å². The Labute approximate surface area is 175 Å². The summed E-state index contributed by atoms with van der Waals surface area (Å²) < 4.78 is 44.7. The Morgan fingerprint density at radius 1 is 1.14 bits per heavy atom. The zero-order valence-corrected chi connectivity index (χ0v) is 16.8. The fourth-order valence-electron chi connectivity index (χ4n) is 3.14. The summed E-state index contributed by atoms with van der Waals surface area (Å²) in [6.07, 6.45) is -5.77. The van der Waals surface area contributed by atoms with Crippen molar-refractivity contribution in [1.82, 2.24) is 4.98 Å². The molecule has 2 aromatic carbocycles. The van der Waals surface area contributed by atoms with Crippen LogP contribution in [0.3, 0.4) is 0 Å². The van der Waals surface area contributed by atoms with Crippen LogP contribution in [-0.4, -0.2) is 23.7 Å². The van der Waals surface area contributed by atoms with Gasteiger partial charge in [0.25, 0.3) is 0 Å². The third-order valence-corrected chi connectivity index (χ3v) is 4.91. The molecule has 0 aliphatic carbocycles. The van der Waals surface area contributed by atoms with E-state index in [0.29, 0.717) is 32.1 Å². The standard InChI is InChI=1S/C21H16Cl2F3NO2/c1-2-29-20(28)19-15(9-12-5-3-4-6-16(12)23)14-10-13(22)7-8-17(14)27-18(19)11-21(24,25)26/h3-8,10H,2,9,11H2,1H3. The second kappa shape index (κ2) is 8.59. The topological polar surface area (TPSA) is 39.2 Å². The number of aromatic nitrogens is 1. The number of hydrogen-bond acceptors (Lipinski definition) is 3. The van der Waals surface area contributed by atoms with Gasteiger partial charge in [0, 0.05) is 21.9 Å². The van der Waals surface area contributed by atoms with Gasteiger partial charge in [-0.1, -0.05) is 41.4 Å². The average molecular weight is 442 g/mol. The normalized spacial score (nSPS) is 11.7. The van der Waals surface area contributed by atoms with E-state index in [4.69, 9.17) is 27.9 Å². The summed E-state index contributed by atoms with van der Waals surface area (Å²) in [7, 11) is 0. The van der Waals surface area contributed by atoms with Crippen molar-refractivity contribution in [1.29, 1.82) is 0 Å². The molecule has 1 heterocycles. The van der Waals surface area contributed by atoms with Crippen LogP contribution in [0.25, 0.3) is 10.9 Å². The zero-order chi connectivity index (χ0) is 21.2. The number of pyridine rings is 1. The Hall–Kier alpha value is -2.31. The summed E-state index contributed by atoms with van der Waals surface area (Å²) >= 11 is 12.4. The molecule has 8 heteroatoms. The van der Waals surface area contributed by atoms with Crippen LogP contribution in [0.4, 0.5) is 13.2 Å². The highest BCUT2D eigenvalue weighted by Crippen LogP contribution is 2.33. The molecule has 0 aliphatic rings. The molecule has 29 heavy (non-hydrogen) atoms. The molecule has 0 amide bonds. The number of nitrogens with zero attached hydrogens (tertiary/aromatic N) is 1. The molecular formula is C21H16Cl2F3NO2. The van der Waals surface area contributed by atoms with Crippen LogP contribution in [0.15, 0.2) is 42.5 Å². The first-order valence-corrected chi connectivity index (χ1v) is 9.53. The lowest BCUT2D eigenvalue weighted by Gasteiger charge is -2.18. The lowest BCUT2D eigenvalue weighted by Crippen LogP contribution is -2.20. The van der Waals surface area contributed by atoms with Gasteiger partial charge in [-0.15, -0.1) is 0 Å². The van der Waals surface area contributed by atoms with Crippen LogP contribution in [-0.2, 0) is 17.6 Å². The molecule has 0 radical (unpaired) electrons. The molecule has 3 nitrogen and oxygen atoms in total. The number of hydrogen-bond donors (Lipinski definition) is 0. The number of ether oxygens (including phenoxy) is 1. The first-order valence-electron chi connectivity index (χ1n) is 8.78. The zero-order valence-electron chi connectivity index (χ0n) is 15.3.